The summed E-state index contributed by atoms with van der Waals surface area (Å²) in [5, 5.41) is 16.2. The van der Waals surface area contributed by atoms with Crippen molar-refractivity contribution in [3.05, 3.63) is 29.3 Å². The second-order valence-corrected chi connectivity index (χ2v) is 4.49. The van der Waals surface area contributed by atoms with Gasteiger partial charge in [-0.05, 0) is 0 Å². The van der Waals surface area contributed by atoms with Crippen molar-refractivity contribution in [3.63, 3.8) is 0 Å². The molecule has 0 saturated carbocycles. The minimum Gasteiger partial charge on any atom is -0.333 e. The van der Waals surface area contributed by atoms with Crippen molar-refractivity contribution in [2.24, 2.45) is 14.1 Å². The van der Waals surface area contributed by atoms with Gasteiger partial charge < -0.3 is 10.6 Å². The Bertz CT molecular complexity index is 661. The maximum absolute atomic E-state index is 12.8. The van der Waals surface area contributed by atoms with E-state index in [9.17, 15) is 18.0 Å². The van der Waals surface area contributed by atoms with Crippen molar-refractivity contribution < 1.29 is 18.0 Å². The second-order valence-electron chi connectivity index (χ2n) is 4.49. The van der Waals surface area contributed by atoms with Gasteiger partial charge in [-0.1, -0.05) is 0 Å². The zero-order valence-electron chi connectivity index (χ0n) is 11.8. The lowest BCUT2D eigenvalue weighted by Crippen LogP contribution is -2.35. The molecule has 120 valence electrons. The summed E-state index contributed by atoms with van der Waals surface area (Å²) in [7, 11) is 3.01. The molecular formula is C11H14F3N7O. The molecule has 0 unspecified atom stereocenters. The van der Waals surface area contributed by atoms with Crippen molar-refractivity contribution in [3.8, 4) is 0 Å². The number of hydrogen-bond acceptors (Lipinski definition) is 4. The van der Waals surface area contributed by atoms with Gasteiger partial charge >= 0.3 is 12.2 Å². The molecule has 2 rings (SSSR count). The minimum atomic E-state index is -4.51. The highest BCUT2D eigenvalue weighted by atomic mass is 19.4. The molecule has 0 fully saturated rings. The lowest BCUT2D eigenvalue weighted by Gasteiger charge is -2.10. The van der Waals surface area contributed by atoms with Crippen LogP contribution in [0.15, 0.2) is 12.4 Å². The second kappa shape index (κ2) is 6.03. The summed E-state index contributed by atoms with van der Waals surface area (Å²) < 4.78 is 39.4. The molecule has 2 aromatic heterocycles. The molecule has 8 nitrogen and oxygen atoms in total. The number of amides is 2. The SMILES string of the molecule is Cn1ncc(CNC(=O)NCc2c(C(F)(F)F)cnn2C)n1. The third-order valence-corrected chi connectivity index (χ3v) is 2.86. The molecule has 2 heterocycles. The fourth-order valence-electron chi connectivity index (χ4n) is 1.78. The Morgan fingerprint density at radius 3 is 2.45 bits per heavy atom. The van der Waals surface area contributed by atoms with E-state index in [2.05, 4.69) is 25.9 Å². The fraction of sp³-hybridized carbons (Fsp3) is 0.455. The van der Waals surface area contributed by atoms with Crippen LogP contribution >= 0.6 is 0 Å². The summed E-state index contributed by atoms with van der Waals surface area (Å²) in [5.41, 5.74) is -0.458. The van der Waals surface area contributed by atoms with Crippen LogP contribution in [0.5, 0.6) is 0 Å². The predicted molar refractivity (Wildman–Crippen MR) is 68.3 cm³/mol. The number of nitrogens with one attached hydrogen (secondary N) is 2. The van der Waals surface area contributed by atoms with E-state index < -0.39 is 17.8 Å². The average Bonchev–Trinajstić information content (AvgIpc) is 2.99. The molecule has 0 radical (unpaired) electrons. The van der Waals surface area contributed by atoms with Crippen LogP contribution in [0.2, 0.25) is 0 Å². The van der Waals surface area contributed by atoms with Gasteiger partial charge in [0.25, 0.3) is 0 Å². The summed E-state index contributed by atoms with van der Waals surface area (Å²) in [6.07, 6.45) is -2.31. The van der Waals surface area contributed by atoms with Gasteiger partial charge in [0.2, 0.25) is 0 Å². The van der Waals surface area contributed by atoms with E-state index in [-0.39, 0.29) is 18.8 Å². The van der Waals surface area contributed by atoms with Crippen LogP contribution in [0.25, 0.3) is 0 Å². The number of nitrogens with zero attached hydrogens (tertiary/aromatic N) is 5. The van der Waals surface area contributed by atoms with E-state index in [1.807, 2.05) is 0 Å². The first-order valence-electron chi connectivity index (χ1n) is 6.22. The average molecular weight is 317 g/mol. The smallest absolute Gasteiger partial charge is 0.333 e. The summed E-state index contributed by atoms with van der Waals surface area (Å²) in [5.74, 6) is 0. The number of carbonyl (C=O) groups is 1. The first-order chi connectivity index (χ1) is 10.3. The van der Waals surface area contributed by atoms with Gasteiger partial charge in [0.05, 0.1) is 36.7 Å². The Labute approximate surface area is 123 Å². The molecule has 0 aliphatic carbocycles. The Hall–Kier alpha value is -2.59. The highest BCUT2D eigenvalue weighted by Gasteiger charge is 2.35. The van der Waals surface area contributed by atoms with Crippen molar-refractivity contribution in [2.75, 3.05) is 0 Å². The first-order valence-corrected chi connectivity index (χ1v) is 6.22. The van der Waals surface area contributed by atoms with Crippen molar-refractivity contribution in [2.45, 2.75) is 19.3 Å². The highest BCUT2D eigenvalue weighted by Crippen LogP contribution is 2.31. The van der Waals surface area contributed by atoms with Crippen LogP contribution in [0.1, 0.15) is 17.0 Å². The molecule has 2 amide bonds. The molecule has 0 bridgehead atoms. The first kappa shape index (κ1) is 15.8. The zero-order valence-corrected chi connectivity index (χ0v) is 11.8. The van der Waals surface area contributed by atoms with Crippen LogP contribution in [0, 0.1) is 0 Å². The fourth-order valence-corrected chi connectivity index (χ4v) is 1.78. The van der Waals surface area contributed by atoms with E-state index in [4.69, 9.17) is 0 Å². The lowest BCUT2D eigenvalue weighted by atomic mass is 10.2. The Kier molecular flexibility index (Phi) is 4.33. The van der Waals surface area contributed by atoms with Crippen LogP contribution in [-0.2, 0) is 33.4 Å². The third-order valence-electron chi connectivity index (χ3n) is 2.86. The maximum atomic E-state index is 12.8. The Morgan fingerprint density at radius 2 is 1.86 bits per heavy atom. The Morgan fingerprint density at radius 1 is 1.18 bits per heavy atom. The van der Waals surface area contributed by atoms with Crippen LogP contribution < -0.4 is 10.6 Å². The third kappa shape index (κ3) is 3.74. The number of carbonyl (C=O) groups excluding carboxylic acids is 1. The molecule has 0 saturated heterocycles. The summed E-state index contributed by atoms with van der Waals surface area (Å²) in [6, 6.07) is -0.611. The zero-order chi connectivity index (χ0) is 16.3. The normalized spacial score (nSPS) is 11.5. The molecular weight excluding hydrogens is 303 g/mol. The molecule has 2 N–H and O–H groups in total. The van der Waals surface area contributed by atoms with Crippen molar-refractivity contribution >= 4 is 6.03 Å². The monoisotopic (exact) mass is 317 g/mol. The molecule has 0 atom stereocenters. The maximum Gasteiger partial charge on any atom is 0.419 e. The number of halogens is 3. The molecule has 11 heteroatoms. The standard InChI is InChI=1S/C11H14F3N7O/c1-20-9(8(5-17-20)11(12,13)14)6-16-10(22)15-3-7-4-18-21(2)19-7/h4-5H,3,6H2,1-2H3,(H2,15,16,22). The van der Waals surface area contributed by atoms with Gasteiger partial charge in [0, 0.05) is 14.1 Å². The molecule has 2 aromatic rings. The van der Waals surface area contributed by atoms with E-state index >= 15 is 0 Å². The molecule has 0 spiro atoms. The summed E-state index contributed by atoms with van der Waals surface area (Å²) >= 11 is 0. The molecule has 0 aliphatic rings. The largest absolute Gasteiger partial charge is 0.419 e. The lowest BCUT2D eigenvalue weighted by molar-refractivity contribution is -0.138. The van der Waals surface area contributed by atoms with E-state index in [0.717, 1.165) is 10.9 Å². The number of rotatable bonds is 4. The van der Waals surface area contributed by atoms with Crippen molar-refractivity contribution in [1.29, 1.82) is 0 Å². The summed E-state index contributed by atoms with van der Waals surface area (Å²) in [4.78, 5) is 12.9. The minimum absolute atomic E-state index is 0.122. The number of urea groups is 1. The van der Waals surface area contributed by atoms with E-state index in [1.54, 1.807) is 7.05 Å². The van der Waals surface area contributed by atoms with Gasteiger partial charge in [0.1, 0.15) is 5.69 Å². The quantitative estimate of drug-likeness (QED) is 0.862. The highest BCUT2D eigenvalue weighted by molar-refractivity contribution is 5.73. The molecule has 22 heavy (non-hydrogen) atoms. The molecule has 0 aliphatic heterocycles. The van der Waals surface area contributed by atoms with Gasteiger partial charge in [-0.3, -0.25) is 4.68 Å². The van der Waals surface area contributed by atoms with Crippen LogP contribution in [-0.4, -0.2) is 30.8 Å². The molecule has 0 aromatic carbocycles. The van der Waals surface area contributed by atoms with Gasteiger partial charge in [-0.15, -0.1) is 0 Å². The van der Waals surface area contributed by atoms with Gasteiger partial charge in [0.15, 0.2) is 0 Å². The predicted octanol–water partition coefficient (Wildman–Crippen LogP) is 0.567. The van der Waals surface area contributed by atoms with Crippen molar-refractivity contribution in [1.82, 2.24) is 35.4 Å². The number of hydrogen-bond donors (Lipinski definition) is 2. The topological polar surface area (TPSA) is 89.7 Å². The van der Waals surface area contributed by atoms with Gasteiger partial charge in [-0.2, -0.15) is 33.3 Å². The Balaban J connectivity index is 1.90. The van der Waals surface area contributed by atoms with E-state index in [0.29, 0.717) is 5.69 Å². The summed E-state index contributed by atoms with van der Waals surface area (Å²) in [6.45, 7) is -0.172. The number of aryl methyl sites for hydroxylation is 2. The van der Waals surface area contributed by atoms with E-state index in [1.165, 1.54) is 18.0 Å². The van der Waals surface area contributed by atoms with Crippen LogP contribution in [0.4, 0.5) is 18.0 Å². The van der Waals surface area contributed by atoms with Gasteiger partial charge in [-0.25, -0.2) is 4.79 Å². The number of aromatic nitrogens is 5. The number of alkyl halides is 3. The van der Waals surface area contributed by atoms with Crippen LogP contribution in [0.3, 0.4) is 0 Å².